The Morgan fingerprint density at radius 1 is 1.18 bits per heavy atom. The predicted molar refractivity (Wildman–Crippen MR) is 69.2 cm³/mol. The van der Waals surface area contributed by atoms with Crippen LogP contribution in [-0.4, -0.2) is 31.3 Å². The molecule has 1 aromatic carbocycles. The van der Waals surface area contributed by atoms with Gasteiger partial charge < -0.3 is 15.4 Å². The van der Waals surface area contributed by atoms with Crippen molar-refractivity contribution in [1.29, 1.82) is 0 Å². The molecule has 1 saturated heterocycles. The van der Waals surface area contributed by atoms with Gasteiger partial charge >= 0.3 is 0 Å². The Labute approximate surface area is 100.0 Å². The Morgan fingerprint density at radius 2 is 1.94 bits per heavy atom. The molecule has 1 fully saturated rings. The van der Waals surface area contributed by atoms with E-state index in [0.29, 0.717) is 0 Å². The molecule has 3 rings (SSSR count). The van der Waals surface area contributed by atoms with E-state index in [9.17, 15) is 0 Å². The van der Waals surface area contributed by atoms with Crippen molar-refractivity contribution in [2.45, 2.75) is 0 Å². The van der Waals surface area contributed by atoms with Crippen molar-refractivity contribution in [1.82, 2.24) is 4.98 Å². The zero-order valence-corrected chi connectivity index (χ0v) is 9.60. The second-order valence-corrected chi connectivity index (χ2v) is 4.19. The fourth-order valence-electron chi connectivity index (χ4n) is 2.14. The maximum absolute atomic E-state index is 6.07. The van der Waals surface area contributed by atoms with Gasteiger partial charge in [-0.2, -0.15) is 0 Å². The van der Waals surface area contributed by atoms with E-state index in [0.717, 1.165) is 48.7 Å². The number of fused-ring (bicyclic) bond motifs is 1. The molecule has 1 aliphatic rings. The molecule has 17 heavy (non-hydrogen) atoms. The highest BCUT2D eigenvalue weighted by Gasteiger charge is 2.13. The Balaban J connectivity index is 2.05. The zero-order valence-electron chi connectivity index (χ0n) is 9.60. The standard InChI is InChI=1S/C13H15N3O/c14-11-9-13(16-5-7-17-8-6-16)15-12-4-2-1-3-10(11)12/h1-4,9H,5-8H2,(H2,14,15). The van der Waals surface area contributed by atoms with Gasteiger partial charge in [0.2, 0.25) is 0 Å². The van der Waals surface area contributed by atoms with Crippen LogP contribution < -0.4 is 10.6 Å². The summed E-state index contributed by atoms with van der Waals surface area (Å²) in [5.74, 6) is 0.949. The molecule has 0 unspecified atom stereocenters. The minimum Gasteiger partial charge on any atom is -0.398 e. The third-order valence-corrected chi connectivity index (χ3v) is 3.07. The first-order valence-electron chi connectivity index (χ1n) is 5.82. The Hall–Kier alpha value is -1.81. The Morgan fingerprint density at radius 3 is 2.76 bits per heavy atom. The number of pyridine rings is 1. The zero-order chi connectivity index (χ0) is 11.7. The molecule has 1 aliphatic heterocycles. The molecule has 2 aromatic rings. The molecule has 0 radical (unpaired) electrons. The van der Waals surface area contributed by atoms with Crippen LogP contribution in [0.15, 0.2) is 30.3 Å². The van der Waals surface area contributed by atoms with Crippen molar-refractivity contribution in [2.24, 2.45) is 0 Å². The molecule has 88 valence electrons. The lowest BCUT2D eigenvalue weighted by molar-refractivity contribution is 0.122. The number of aromatic nitrogens is 1. The molecular weight excluding hydrogens is 214 g/mol. The lowest BCUT2D eigenvalue weighted by atomic mass is 10.2. The van der Waals surface area contributed by atoms with Crippen molar-refractivity contribution in [3.8, 4) is 0 Å². The van der Waals surface area contributed by atoms with Crippen molar-refractivity contribution in [3.05, 3.63) is 30.3 Å². The van der Waals surface area contributed by atoms with Crippen LogP contribution in [-0.2, 0) is 4.74 Å². The number of anilines is 2. The molecule has 0 amide bonds. The SMILES string of the molecule is Nc1cc(N2CCOCC2)nc2ccccc12. The van der Waals surface area contributed by atoms with Crippen LogP contribution in [0.25, 0.3) is 10.9 Å². The minimum atomic E-state index is 0.758. The maximum atomic E-state index is 6.07. The summed E-state index contributed by atoms with van der Waals surface area (Å²) in [7, 11) is 0. The largest absolute Gasteiger partial charge is 0.398 e. The summed E-state index contributed by atoms with van der Waals surface area (Å²) in [4.78, 5) is 6.86. The first-order valence-corrected chi connectivity index (χ1v) is 5.82. The van der Waals surface area contributed by atoms with Gasteiger partial charge in [-0.1, -0.05) is 18.2 Å². The number of hydrogen-bond donors (Lipinski definition) is 1. The van der Waals surface area contributed by atoms with Crippen LogP contribution in [0.2, 0.25) is 0 Å². The van der Waals surface area contributed by atoms with Crippen molar-refractivity contribution in [2.75, 3.05) is 36.9 Å². The van der Waals surface area contributed by atoms with E-state index in [1.165, 1.54) is 0 Å². The molecule has 1 aromatic heterocycles. The lowest BCUT2D eigenvalue weighted by Gasteiger charge is -2.28. The highest BCUT2D eigenvalue weighted by atomic mass is 16.5. The average molecular weight is 229 g/mol. The van der Waals surface area contributed by atoms with Gasteiger partial charge in [0.1, 0.15) is 5.82 Å². The predicted octanol–water partition coefficient (Wildman–Crippen LogP) is 1.65. The van der Waals surface area contributed by atoms with Crippen LogP contribution >= 0.6 is 0 Å². The number of nitrogens with zero attached hydrogens (tertiary/aromatic N) is 2. The number of nitrogens with two attached hydrogens (primary N) is 1. The highest BCUT2D eigenvalue weighted by Crippen LogP contribution is 2.24. The molecular formula is C13H15N3O. The summed E-state index contributed by atoms with van der Waals surface area (Å²) >= 11 is 0. The first kappa shape index (κ1) is 10.4. The molecule has 4 nitrogen and oxygen atoms in total. The van der Waals surface area contributed by atoms with Crippen molar-refractivity contribution >= 4 is 22.4 Å². The third kappa shape index (κ3) is 1.91. The molecule has 2 heterocycles. The molecule has 0 spiro atoms. The number of morpholine rings is 1. The maximum Gasteiger partial charge on any atom is 0.131 e. The van der Waals surface area contributed by atoms with Gasteiger partial charge in [0, 0.05) is 30.2 Å². The van der Waals surface area contributed by atoms with E-state index in [-0.39, 0.29) is 0 Å². The third-order valence-electron chi connectivity index (χ3n) is 3.07. The molecule has 4 heteroatoms. The summed E-state index contributed by atoms with van der Waals surface area (Å²) in [5, 5.41) is 1.02. The smallest absolute Gasteiger partial charge is 0.131 e. The van der Waals surface area contributed by atoms with Gasteiger partial charge in [-0.25, -0.2) is 4.98 Å². The van der Waals surface area contributed by atoms with E-state index in [4.69, 9.17) is 10.5 Å². The van der Waals surface area contributed by atoms with Crippen LogP contribution in [0.3, 0.4) is 0 Å². The van der Waals surface area contributed by atoms with Crippen LogP contribution in [0.5, 0.6) is 0 Å². The Bertz CT molecular complexity index is 535. The summed E-state index contributed by atoms with van der Waals surface area (Å²) in [6.45, 7) is 3.28. The highest BCUT2D eigenvalue weighted by molar-refractivity contribution is 5.91. The van der Waals surface area contributed by atoms with Crippen LogP contribution in [0.4, 0.5) is 11.5 Å². The van der Waals surface area contributed by atoms with E-state index >= 15 is 0 Å². The summed E-state index contributed by atoms with van der Waals surface area (Å²) in [6.07, 6.45) is 0. The number of rotatable bonds is 1. The second kappa shape index (κ2) is 4.22. The number of ether oxygens (including phenoxy) is 1. The lowest BCUT2D eigenvalue weighted by Crippen LogP contribution is -2.36. The number of nitrogen functional groups attached to an aromatic ring is 1. The average Bonchev–Trinajstić information content (AvgIpc) is 2.40. The van der Waals surface area contributed by atoms with Crippen molar-refractivity contribution < 1.29 is 4.74 Å². The second-order valence-electron chi connectivity index (χ2n) is 4.19. The van der Waals surface area contributed by atoms with E-state index in [1.807, 2.05) is 30.3 Å². The topological polar surface area (TPSA) is 51.4 Å². The van der Waals surface area contributed by atoms with Gasteiger partial charge in [-0.05, 0) is 6.07 Å². The molecule has 0 bridgehead atoms. The van der Waals surface area contributed by atoms with E-state index < -0.39 is 0 Å². The molecule has 0 aliphatic carbocycles. The van der Waals surface area contributed by atoms with Crippen LogP contribution in [0.1, 0.15) is 0 Å². The fraction of sp³-hybridized carbons (Fsp3) is 0.308. The summed E-state index contributed by atoms with van der Waals surface area (Å²) in [5.41, 5.74) is 7.81. The summed E-state index contributed by atoms with van der Waals surface area (Å²) in [6, 6.07) is 9.91. The number of hydrogen-bond acceptors (Lipinski definition) is 4. The number of benzene rings is 1. The molecule has 2 N–H and O–H groups in total. The molecule has 0 saturated carbocycles. The minimum absolute atomic E-state index is 0.758. The van der Waals surface area contributed by atoms with Gasteiger partial charge in [0.05, 0.1) is 18.7 Å². The van der Waals surface area contributed by atoms with E-state index in [1.54, 1.807) is 0 Å². The fourth-order valence-corrected chi connectivity index (χ4v) is 2.14. The van der Waals surface area contributed by atoms with Gasteiger partial charge in [0.25, 0.3) is 0 Å². The van der Waals surface area contributed by atoms with Gasteiger partial charge in [-0.3, -0.25) is 0 Å². The van der Waals surface area contributed by atoms with Gasteiger partial charge in [0.15, 0.2) is 0 Å². The van der Waals surface area contributed by atoms with Crippen LogP contribution in [0, 0.1) is 0 Å². The Kier molecular flexibility index (Phi) is 2.57. The normalized spacial score (nSPS) is 16.4. The molecule has 0 atom stereocenters. The monoisotopic (exact) mass is 229 g/mol. The van der Waals surface area contributed by atoms with E-state index in [2.05, 4.69) is 9.88 Å². The summed E-state index contributed by atoms with van der Waals surface area (Å²) < 4.78 is 5.34. The first-order chi connectivity index (χ1) is 8.34. The van der Waals surface area contributed by atoms with Crippen molar-refractivity contribution in [3.63, 3.8) is 0 Å². The van der Waals surface area contributed by atoms with Gasteiger partial charge in [-0.15, -0.1) is 0 Å². The number of para-hydroxylation sites is 1. The quantitative estimate of drug-likeness (QED) is 0.808.